The first kappa shape index (κ1) is 23.6. The molecule has 1 saturated carbocycles. The van der Waals surface area contributed by atoms with Gasteiger partial charge in [-0.25, -0.2) is 4.79 Å². The van der Waals surface area contributed by atoms with Gasteiger partial charge in [-0.3, -0.25) is 4.90 Å². The molecule has 3 aromatic rings. The minimum atomic E-state index is -0.849. The van der Waals surface area contributed by atoms with E-state index < -0.39 is 5.97 Å². The Hall–Kier alpha value is -2.79. The van der Waals surface area contributed by atoms with Crippen LogP contribution in [0.15, 0.2) is 42.5 Å². The van der Waals surface area contributed by atoms with Crippen molar-refractivity contribution in [3.63, 3.8) is 0 Å². The predicted octanol–water partition coefficient (Wildman–Crippen LogP) is 6.75. The van der Waals surface area contributed by atoms with Gasteiger partial charge in [-0.1, -0.05) is 49.9 Å². The average Bonchev–Trinajstić information content (AvgIpc) is 3.14. The third-order valence-electron chi connectivity index (χ3n) is 9.06. The molecule has 0 radical (unpaired) electrons. The van der Waals surface area contributed by atoms with Gasteiger partial charge in [0.2, 0.25) is 0 Å². The smallest absolute Gasteiger partial charge is 0.335 e. The summed E-state index contributed by atoms with van der Waals surface area (Å²) in [5.41, 5.74) is 6.91. The van der Waals surface area contributed by atoms with Crippen molar-refractivity contribution in [3.05, 3.63) is 53.6 Å². The zero-order valence-electron chi connectivity index (χ0n) is 21.6. The fraction of sp³-hybridized carbons (Fsp3) is 0.516. The highest BCUT2D eigenvalue weighted by Crippen LogP contribution is 2.47. The van der Waals surface area contributed by atoms with Crippen molar-refractivity contribution in [3.8, 4) is 11.3 Å². The van der Waals surface area contributed by atoms with Crippen molar-refractivity contribution in [2.45, 2.75) is 76.8 Å². The monoisotopic (exact) mass is 485 g/mol. The number of aromatic nitrogens is 1. The summed E-state index contributed by atoms with van der Waals surface area (Å²) in [5.74, 6) is -0.306. The third-order valence-corrected chi connectivity index (χ3v) is 9.06. The summed E-state index contributed by atoms with van der Waals surface area (Å²) in [6.45, 7) is 7.55. The quantitative estimate of drug-likeness (QED) is 0.434. The van der Waals surface area contributed by atoms with Gasteiger partial charge in [0.15, 0.2) is 0 Å². The molecule has 5 heteroatoms. The van der Waals surface area contributed by atoms with Crippen LogP contribution in [-0.4, -0.2) is 52.8 Å². The number of piperidine rings is 1. The second-order valence-electron chi connectivity index (χ2n) is 11.2. The Morgan fingerprint density at radius 3 is 2.53 bits per heavy atom. The summed E-state index contributed by atoms with van der Waals surface area (Å²) in [6.07, 6.45) is 10.3. The highest BCUT2D eigenvalue weighted by molar-refractivity contribution is 5.99. The van der Waals surface area contributed by atoms with E-state index in [9.17, 15) is 9.90 Å². The zero-order valence-corrected chi connectivity index (χ0v) is 21.6. The number of likely N-dealkylation sites (tertiary alicyclic amines) is 1. The van der Waals surface area contributed by atoms with E-state index >= 15 is 0 Å². The van der Waals surface area contributed by atoms with Crippen LogP contribution in [0.4, 0.5) is 5.69 Å². The van der Waals surface area contributed by atoms with E-state index in [2.05, 4.69) is 51.6 Å². The van der Waals surface area contributed by atoms with E-state index in [1.54, 1.807) is 6.07 Å². The predicted molar refractivity (Wildman–Crippen MR) is 147 cm³/mol. The molecule has 2 fully saturated rings. The average molecular weight is 486 g/mol. The van der Waals surface area contributed by atoms with Gasteiger partial charge in [0.25, 0.3) is 0 Å². The van der Waals surface area contributed by atoms with Gasteiger partial charge in [0.05, 0.1) is 11.3 Å². The van der Waals surface area contributed by atoms with Gasteiger partial charge in [-0.2, -0.15) is 0 Å². The molecule has 1 atom stereocenters. The number of benzene rings is 2. The second-order valence-corrected chi connectivity index (χ2v) is 11.2. The number of nitrogens with zero attached hydrogens (tertiary/aromatic N) is 3. The van der Waals surface area contributed by atoms with Gasteiger partial charge in [0.1, 0.15) is 0 Å². The van der Waals surface area contributed by atoms with Gasteiger partial charge in [-0.15, -0.1) is 0 Å². The molecule has 2 aliphatic heterocycles. The Morgan fingerprint density at radius 2 is 1.72 bits per heavy atom. The normalized spacial score (nSPS) is 21.2. The Morgan fingerprint density at radius 1 is 0.917 bits per heavy atom. The Balaban J connectivity index is 1.45. The van der Waals surface area contributed by atoms with E-state index in [1.165, 1.54) is 85.8 Å². The molecule has 3 heterocycles. The first-order valence-corrected chi connectivity index (χ1v) is 14.1. The molecule has 0 amide bonds. The maximum atomic E-state index is 11.9. The van der Waals surface area contributed by atoms with E-state index in [-0.39, 0.29) is 0 Å². The van der Waals surface area contributed by atoms with Crippen LogP contribution in [0.25, 0.3) is 22.2 Å². The first-order valence-electron chi connectivity index (χ1n) is 14.1. The number of fused-ring (bicyclic) bond motifs is 5. The van der Waals surface area contributed by atoms with Crippen LogP contribution in [0.5, 0.6) is 0 Å². The molecule has 0 bridgehead atoms. The Kier molecular flexibility index (Phi) is 6.51. The number of para-hydroxylation sites is 1. The van der Waals surface area contributed by atoms with Gasteiger partial charge < -0.3 is 14.6 Å². The van der Waals surface area contributed by atoms with Crippen molar-refractivity contribution in [2.24, 2.45) is 0 Å². The Labute approximate surface area is 214 Å². The van der Waals surface area contributed by atoms with Crippen LogP contribution in [-0.2, 0) is 6.54 Å². The fourth-order valence-electron chi connectivity index (χ4n) is 7.10. The molecule has 3 aliphatic rings. The number of rotatable bonds is 5. The molecular weight excluding hydrogens is 446 g/mol. The van der Waals surface area contributed by atoms with Crippen molar-refractivity contribution >= 4 is 22.6 Å². The molecule has 2 aromatic carbocycles. The van der Waals surface area contributed by atoms with E-state index in [1.807, 2.05) is 6.07 Å². The zero-order chi connectivity index (χ0) is 24.6. The minimum Gasteiger partial charge on any atom is -0.478 e. The van der Waals surface area contributed by atoms with Crippen molar-refractivity contribution in [2.75, 3.05) is 31.1 Å². The number of anilines is 1. The minimum absolute atomic E-state index is 0.381. The van der Waals surface area contributed by atoms with Gasteiger partial charge in [0, 0.05) is 54.4 Å². The highest BCUT2D eigenvalue weighted by Gasteiger charge is 2.31. The van der Waals surface area contributed by atoms with Gasteiger partial charge in [-0.05, 0) is 68.8 Å². The summed E-state index contributed by atoms with van der Waals surface area (Å²) >= 11 is 0. The number of carboxylic acids is 1. The molecule has 1 unspecified atom stereocenters. The molecule has 1 aliphatic carbocycles. The van der Waals surface area contributed by atoms with Crippen molar-refractivity contribution in [1.29, 1.82) is 0 Å². The van der Waals surface area contributed by atoms with Crippen LogP contribution in [0.3, 0.4) is 0 Å². The number of carbonyl (C=O) groups is 1. The molecule has 36 heavy (non-hydrogen) atoms. The second kappa shape index (κ2) is 9.93. The van der Waals surface area contributed by atoms with Crippen molar-refractivity contribution in [1.82, 2.24) is 9.47 Å². The van der Waals surface area contributed by atoms with Crippen molar-refractivity contribution < 1.29 is 9.90 Å². The summed E-state index contributed by atoms with van der Waals surface area (Å²) in [4.78, 5) is 17.1. The standard InChI is InChI=1S/C31H39N3O2/c1-22-9-7-8-16-32(22)17-18-33-19-20-34-28-21-24(31(35)36)14-15-25(28)29(23-10-3-2-4-11-23)30(34)26-12-5-6-13-27(26)33/h5-6,12-15,21-23H,2-4,7-11,16-20H2,1H3,(H,35,36). The molecule has 0 spiro atoms. The number of carboxylic acid groups (broad SMARTS) is 1. The molecule has 5 nitrogen and oxygen atoms in total. The molecule has 6 rings (SSSR count). The van der Waals surface area contributed by atoms with Crippen LogP contribution in [0.1, 0.15) is 80.1 Å². The third kappa shape index (κ3) is 4.21. The molecule has 190 valence electrons. The molecule has 1 N–H and O–H groups in total. The number of hydrogen-bond acceptors (Lipinski definition) is 3. The fourth-order valence-corrected chi connectivity index (χ4v) is 7.10. The lowest BCUT2D eigenvalue weighted by molar-refractivity contribution is 0.0697. The lowest BCUT2D eigenvalue weighted by atomic mass is 9.81. The molecule has 1 aromatic heterocycles. The van der Waals surface area contributed by atoms with Crippen LogP contribution < -0.4 is 4.90 Å². The van der Waals surface area contributed by atoms with Crippen LogP contribution in [0.2, 0.25) is 0 Å². The maximum absolute atomic E-state index is 11.9. The maximum Gasteiger partial charge on any atom is 0.335 e. The largest absolute Gasteiger partial charge is 0.478 e. The van der Waals surface area contributed by atoms with Crippen LogP contribution >= 0.6 is 0 Å². The first-order chi connectivity index (χ1) is 17.6. The summed E-state index contributed by atoms with van der Waals surface area (Å²) in [6, 6.07) is 15.4. The van der Waals surface area contributed by atoms with E-state index in [0.29, 0.717) is 17.5 Å². The summed E-state index contributed by atoms with van der Waals surface area (Å²) in [5, 5.41) is 11.0. The summed E-state index contributed by atoms with van der Waals surface area (Å²) < 4.78 is 2.45. The number of hydrogen-bond donors (Lipinski definition) is 1. The van der Waals surface area contributed by atoms with E-state index in [0.717, 1.165) is 31.7 Å². The summed E-state index contributed by atoms with van der Waals surface area (Å²) in [7, 11) is 0. The highest BCUT2D eigenvalue weighted by atomic mass is 16.4. The lowest BCUT2D eigenvalue weighted by Crippen LogP contribution is -2.43. The molecular formula is C31H39N3O2. The van der Waals surface area contributed by atoms with Crippen LogP contribution in [0, 0.1) is 0 Å². The van der Waals surface area contributed by atoms with Gasteiger partial charge >= 0.3 is 5.97 Å². The SMILES string of the molecule is CC1CCCCN1CCN1CCn2c(c(C3CCCCC3)c3ccc(C(=O)O)cc32)-c2ccccc21. The number of aromatic carboxylic acids is 1. The molecule has 1 saturated heterocycles. The lowest BCUT2D eigenvalue weighted by Gasteiger charge is -2.35. The van der Waals surface area contributed by atoms with E-state index in [4.69, 9.17) is 0 Å². The topological polar surface area (TPSA) is 48.7 Å². The Bertz CT molecular complexity index is 1260.